The summed E-state index contributed by atoms with van der Waals surface area (Å²) in [6.45, 7) is 32.0. The predicted molar refractivity (Wildman–Crippen MR) is 227 cm³/mol. The largest absolute Gasteiger partial charge is 0.0683 e. The summed E-state index contributed by atoms with van der Waals surface area (Å²) >= 11 is 0. The maximum absolute atomic E-state index is 2.22. The summed E-state index contributed by atoms with van der Waals surface area (Å²) in [6.07, 6.45) is 2.21. The fourth-order valence-corrected chi connectivity index (χ4v) is 4.54. The van der Waals surface area contributed by atoms with E-state index in [0.29, 0.717) is 0 Å². The Hall–Kier alpha value is -3.90. The summed E-state index contributed by atoms with van der Waals surface area (Å²) in [5.74, 6) is 0. The lowest BCUT2D eigenvalue weighted by atomic mass is 10.1. The van der Waals surface area contributed by atoms with Gasteiger partial charge in [0, 0.05) is 0 Å². The average molecular weight is 651 g/mol. The third-order valence-electron chi connectivity index (χ3n) is 6.08. The predicted octanol–water partition coefficient (Wildman–Crippen LogP) is 16.4. The lowest BCUT2D eigenvalue weighted by Crippen LogP contribution is -1.77. The molecule has 0 unspecified atom stereocenters. The Kier molecular flexibility index (Phi) is 41.7. The quantitative estimate of drug-likeness (QED) is 0.153. The number of hydrogen-bond donors (Lipinski definition) is 0. The van der Waals surface area contributed by atoms with Crippen LogP contribution in [0.3, 0.4) is 0 Å². The molecule has 0 heterocycles. The van der Waals surface area contributed by atoms with Gasteiger partial charge in [0.1, 0.15) is 0 Å². The highest BCUT2D eigenvalue weighted by Crippen LogP contribution is 2.36. The van der Waals surface area contributed by atoms with E-state index in [1.165, 1.54) is 44.5 Å². The molecule has 0 saturated carbocycles. The molecule has 5 aromatic rings. The maximum Gasteiger partial charge on any atom is -0.00135 e. The van der Waals surface area contributed by atoms with Crippen LogP contribution in [0.5, 0.6) is 0 Å². The fourth-order valence-electron chi connectivity index (χ4n) is 4.54. The van der Waals surface area contributed by atoms with Gasteiger partial charge in [-0.25, -0.2) is 0 Å². The molecule has 0 radical (unpaired) electrons. The van der Waals surface area contributed by atoms with Crippen molar-refractivity contribution in [2.24, 2.45) is 0 Å². The molecular formula is C48H74. The van der Waals surface area contributed by atoms with E-state index in [4.69, 9.17) is 0 Å². The van der Waals surface area contributed by atoms with Gasteiger partial charge in [-0.3, -0.25) is 0 Å². The molecule has 48 heavy (non-hydrogen) atoms. The van der Waals surface area contributed by atoms with E-state index in [1.807, 2.05) is 147 Å². The maximum atomic E-state index is 2.22. The number of benzene rings is 5. The third-order valence-corrected chi connectivity index (χ3v) is 6.08. The zero-order chi connectivity index (χ0) is 37.6. The van der Waals surface area contributed by atoms with E-state index in [2.05, 4.69) is 97.1 Å². The molecule has 2 aliphatic carbocycles. The van der Waals surface area contributed by atoms with Crippen LogP contribution in [0.4, 0.5) is 0 Å². The van der Waals surface area contributed by atoms with Crippen LogP contribution in [0.2, 0.25) is 0 Å². The summed E-state index contributed by atoms with van der Waals surface area (Å²) in [6, 6.07) is 46.6. The van der Waals surface area contributed by atoms with Crippen molar-refractivity contribution in [2.75, 3.05) is 0 Å². The molecule has 0 aliphatic heterocycles. The van der Waals surface area contributed by atoms with Crippen molar-refractivity contribution in [1.82, 2.24) is 0 Å². The standard InChI is InChI=1S/2C13H10.C6H6.8C2H6/c2*1-3-7-12-10(5-1)9-11-6-2-4-8-13(11)12;1-2-4-6-5-3-1;8*1-2/h2*1-8H,9H2;1-6H;8*1-2H3. The SMILES string of the molecule is CC.CC.CC.CC.CC.CC.CC.CC.c1ccc2c(c1)Cc1ccccc1-2.c1ccc2c(c1)Cc1ccccc1-2.c1ccccc1. The summed E-state index contributed by atoms with van der Waals surface area (Å²) in [5, 5.41) is 0. The van der Waals surface area contributed by atoms with Crippen molar-refractivity contribution in [1.29, 1.82) is 0 Å². The second kappa shape index (κ2) is 39.3. The van der Waals surface area contributed by atoms with Crippen LogP contribution in [0.25, 0.3) is 22.3 Å². The molecule has 0 amide bonds. The minimum absolute atomic E-state index is 1.10. The topological polar surface area (TPSA) is 0 Å². The zero-order valence-electron chi connectivity index (χ0n) is 34.1. The van der Waals surface area contributed by atoms with Gasteiger partial charge < -0.3 is 0 Å². The molecule has 0 bridgehead atoms. The number of fused-ring (bicyclic) bond motifs is 6. The Morgan fingerprint density at radius 1 is 0.208 bits per heavy atom. The van der Waals surface area contributed by atoms with Crippen LogP contribution >= 0.6 is 0 Å². The second-order valence-electron chi connectivity index (χ2n) is 8.14. The summed E-state index contributed by atoms with van der Waals surface area (Å²) in [5.41, 5.74) is 11.5. The van der Waals surface area contributed by atoms with Crippen LogP contribution in [0, 0.1) is 0 Å². The molecule has 7 rings (SSSR count). The Morgan fingerprint density at radius 3 is 0.521 bits per heavy atom. The van der Waals surface area contributed by atoms with Gasteiger partial charge in [-0.05, 0) is 57.3 Å². The Balaban J connectivity index is -0.000000258. The van der Waals surface area contributed by atoms with Crippen LogP contribution in [0.15, 0.2) is 133 Å². The molecule has 2 aliphatic rings. The van der Waals surface area contributed by atoms with Crippen molar-refractivity contribution >= 4 is 0 Å². The van der Waals surface area contributed by atoms with Crippen molar-refractivity contribution in [3.63, 3.8) is 0 Å². The van der Waals surface area contributed by atoms with E-state index in [9.17, 15) is 0 Å². The zero-order valence-corrected chi connectivity index (χ0v) is 34.1. The van der Waals surface area contributed by atoms with Gasteiger partial charge in [0.25, 0.3) is 0 Å². The molecule has 0 spiro atoms. The fraction of sp³-hybridized carbons (Fsp3) is 0.375. The van der Waals surface area contributed by atoms with Crippen molar-refractivity contribution < 1.29 is 0 Å². The van der Waals surface area contributed by atoms with Crippen LogP contribution < -0.4 is 0 Å². The Bertz CT molecular complexity index is 1110. The van der Waals surface area contributed by atoms with E-state index >= 15 is 0 Å². The van der Waals surface area contributed by atoms with E-state index in [0.717, 1.165) is 12.8 Å². The van der Waals surface area contributed by atoms with E-state index in [-0.39, 0.29) is 0 Å². The molecule has 5 aromatic carbocycles. The lowest BCUT2D eigenvalue weighted by molar-refractivity contribution is 1.26. The van der Waals surface area contributed by atoms with E-state index < -0.39 is 0 Å². The first-order valence-corrected chi connectivity index (χ1v) is 19.2. The second-order valence-corrected chi connectivity index (χ2v) is 8.14. The summed E-state index contributed by atoms with van der Waals surface area (Å²) in [7, 11) is 0. The Labute approximate surface area is 300 Å². The van der Waals surface area contributed by atoms with Gasteiger partial charge >= 0.3 is 0 Å². The molecule has 0 heteroatoms. The molecule has 0 atom stereocenters. The Morgan fingerprint density at radius 2 is 0.354 bits per heavy atom. The lowest BCUT2D eigenvalue weighted by Gasteiger charge is -1.98. The van der Waals surface area contributed by atoms with Gasteiger partial charge in [-0.15, -0.1) is 0 Å². The molecule has 266 valence electrons. The van der Waals surface area contributed by atoms with Crippen molar-refractivity contribution in [3.8, 4) is 22.3 Å². The third kappa shape index (κ3) is 18.4. The first-order valence-electron chi connectivity index (χ1n) is 19.2. The highest BCUT2D eigenvalue weighted by molar-refractivity contribution is 5.77. The first kappa shape index (κ1) is 50.9. The normalized spacial score (nSPS) is 8.67. The molecule has 0 fully saturated rings. The minimum Gasteiger partial charge on any atom is -0.0683 e. The number of rotatable bonds is 0. The van der Waals surface area contributed by atoms with Gasteiger partial charge in [0.2, 0.25) is 0 Å². The van der Waals surface area contributed by atoms with E-state index in [1.54, 1.807) is 0 Å². The molecule has 0 nitrogen and oxygen atoms in total. The van der Waals surface area contributed by atoms with Gasteiger partial charge in [0.05, 0.1) is 0 Å². The molecular weight excluding hydrogens is 577 g/mol. The van der Waals surface area contributed by atoms with Gasteiger partial charge in [-0.2, -0.15) is 0 Å². The van der Waals surface area contributed by atoms with Crippen LogP contribution in [0.1, 0.15) is 133 Å². The smallest absolute Gasteiger partial charge is 0.00135 e. The van der Waals surface area contributed by atoms with Crippen molar-refractivity contribution in [3.05, 3.63) is 156 Å². The summed E-state index contributed by atoms with van der Waals surface area (Å²) in [4.78, 5) is 0. The highest BCUT2D eigenvalue weighted by Gasteiger charge is 2.16. The summed E-state index contributed by atoms with van der Waals surface area (Å²) < 4.78 is 0. The molecule has 0 aromatic heterocycles. The highest BCUT2D eigenvalue weighted by atomic mass is 14.2. The minimum atomic E-state index is 1.10. The van der Waals surface area contributed by atoms with Gasteiger partial charge in [-0.1, -0.05) is 244 Å². The molecule has 0 saturated heterocycles. The van der Waals surface area contributed by atoms with Crippen LogP contribution in [-0.2, 0) is 12.8 Å². The van der Waals surface area contributed by atoms with Crippen LogP contribution in [-0.4, -0.2) is 0 Å². The monoisotopic (exact) mass is 651 g/mol. The van der Waals surface area contributed by atoms with Crippen molar-refractivity contribution in [2.45, 2.75) is 124 Å². The molecule has 0 N–H and O–H groups in total. The van der Waals surface area contributed by atoms with Gasteiger partial charge in [0.15, 0.2) is 0 Å². The first-order chi connectivity index (χ1) is 23.9. The number of hydrogen-bond acceptors (Lipinski definition) is 0. The average Bonchev–Trinajstić information content (AvgIpc) is 3.81.